The molecule has 0 aromatic carbocycles. The molecule has 1 saturated carbocycles. The third-order valence-electron chi connectivity index (χ3n) is 3.43. The molecule has 3 atom stereocenters. The van der Waals surface area contributed by atoms with Crippen molar-refractivity contribution in [1.82, 2.24) is 10.2 Å². The Balaban J connectivity index is 2.41. The molecule has 2 amide bonds. The van der Waals surface area contributed by atoms with Crippen LogP contribution in [0.5, 0.6) is 0 Å². The van der Waals surface area contributed by atoms with E-state index in [1.165, 1.54) is 0 Å². The van der Waals surface area contributed by atoms with E-state index >= 15 is 0 Å². The molecule has 0 saturated heterocycles. The molecule has 0 radical (unpaired) electrons. The van der Waals surface area contributed by atoms with Crippen molar-refractivity contribution >= 4 is 12.0 Å². The molecule has 5 nitrogen and oxygen atoms in total. The second-order valence-corrected chi connectivity index (χ2v) is 5.82. The maximum atomic E-state index is 11.9. The lowest BCUT2D eigenvalue weighted by Gasteiger charge is -2.22. The summed E-state index contributed by atoms with van der Waals surface area (Å²) in [5.74, 6) is 0.533. The predicted molar refractivity (Wildman–Crippen MR) is 69.3 cm³/mol. The molecule has 1 aliphatic carbocycles. The van der Waals surface area contributed by atoms with Crippen molar-refractivity contribution in [2.24, 2.45) is 17.8 Å². The SMILES string of the molecule is CC(C)C[C@@H](NC(=O)N(C)CC1CC1C)C(=O)O. The largest absolute Gasteiger partial charge is 0.480 e. The zero-order chi connectivity index (χ0) is 13.9. The summed E-state index contributed by atoms with van der Waals surface area (Å²) in [5.41, 5.74) is 0. The van der Waals surface area contributed by atoms with Crippen LogP contribution in [0.2, 0.25) is 0 Å². The van der Waals surface area contributed by atoms with Crippen LogP contribution in [0.1, 0.15) is 33.6 Å². The van der Waals surface area contributed by atoms with Crippen molar-refractivity contribution in [1.29, 1.82) is 0 Å². The molecule has 0 aliphatic heterocycles. The van der Waals surface area contributed by atoms with Crippen molar-refractivity contribution in [3.8, 4) is 0 Å². The maximum Gasteiger partial charge on any atom is 0.326 e. The van der Waals surface area contributed by atoms with E-state index in [1.54, 1.807) is 11.9 Å². The first kappa shape index (κ1) is 14.8. The average molecular weight is 256 g/mol. The van der Waals surface area contributed by atoms with Crippen LogP contribution in [0.25, 0.3) is 0 Å². The van der Waals surface area contributed by atoms with Gasteiger partial charge in [0.15, 0.2) is 0 Å². The van der Waals surface area contributed by atoms with Gasteiger partial charge in [-0.1, -0.05) is 20.8 Å². The van der Waals surface area contributed by atoms with Crippen LogP contribution in [0, 0.1) is 17.8 Å². The molecule has 0 heterocycles. The Labute approximate surface area is 109 Å². The summed E-state index contributed by atoms with van der Waals surface area (Å²) in [6.07, 6.45) is 1.61. The highest BCUT2D eigenvalue weighted by molar-refractivity contribution is 5.82. The van der Waals surface area contributed by atoms with E-state index in [9.17, 15) is 9.59 Å². The molecule has 104 valence electrons. The van der Waals surface area contributed by atoms with Gasteiger partial charge in [-0.2, -0.15) is 0 Å². The van der Waals surface area contributed by atoms with E-state index in [0.29, 0.717) is 24.8 Å². The van der Waals surface area contributed by atoms with E-state index in [2.05, 4.69) is 12.2 Å². The van der Waals surface area contributed by atoms with Crippen LogP contribution in [0.3, 0.4) is 0 Å². The summed E-state index contributed by atoms with van der Waals surface area (Å²) in [4.78, 5) is 24.5. The first-order valence-electron chi connectivity index (χ1n) is 6.55. The Bertz CT molecular complexity index is 317. The number of carboxylic acid groups (broad SMARTS) is 1. The van der Waals surface area contributed by atoms with Crippen molar-refractivity contribution in [2.45, 2.75) is 39.7 Å². The number of hydrogen-bond acceptors (Lipinski definition) is 2. The number of rotatable bonds is 6. The molecule has 1 fully saturated rings. The zero-order valence-corrected chi connectivity index (χ0v) is 11.6. The zero-order valence-electron chi connectivity index (χ0n) is 11.6. The number of nitrogens with one attached hydrogen (secondary N) is 1. The lowest BCUT2D eigenvalue weighted by atomic mass is 10.0. The average Bonchev–Trinajstić information content (AvgIpc) is 2.92. The normalized spacial score (nSPS) is 23.6. The van der Waals surface area contributed by atoms with Gasteiger partial charge in [0.05, 0.1) is 0 Å². The second-order valence-electron chi connectivity index (χ2n) is 5.82. The van der Waals surface area contributed by atoms with Gasteiger partial charge in [-0.3, -0.25) is 0 Å². The van der Waals surface area contributed by atoms with Gasteiger partial charge in [-0.25, -0.2) is 9.59 Å². The molecular formula is C13H24N2O3. The number of aliphatic carboxylic acids is 1. The Morgan fingerprint density at radius 1 is 1.44 bits per heavy atom. The summed E-state index contributed by atoms with van der Waals surface area (Å²) in [6.45, 7) is 6.76. The molecule has 1 rings (SSSR count). The highest BCUT2D eigenvalue weighted by atomic mass is 16.4. The van der Waals surface area contributed by atoms with E-state index in [4.69, 9.17) is 5.11 Å². The molecule has 1 aliphatic rings. The molecule has 5 heteroatoms. The van der Waals surface area contributed by atoms with Crippen molar-refractivity contribution in [3.05, 3.63) is 0 Å². The van der Waals surface area contributed by atoms with Crippen molar-refractivity contribution in [3.63, 3.8) is 0 Å². The first-order chi connectivity index (χ1) is 8.31. The number of carboxylic acids is 1. The standard InChI is InChI=1S/C13H24N2O3/c1-8(2)5-11(12(16)17)14-13(18)15(4)7-10-6-9(10)3/h8-11H,5-7H2,1-4H3,(H,14,18)(H,16,17)/t9?,10?,11-/m1/s1. The Hall–Kier alpha value is -1.26. The topological polar surface area (TPSA) is 69.6 Å². The number of hydrogen-bond donors (Lipinski definition) is 2. The third kappa shape index (κ3) is 4.55. The fourth-order valence-corrected chi connectivity index (χ4v) is 2.04. The van der Waals surface area contributed by atoms with Gasteiger partial charge in [-0.15, -0.1) is 0 Å². The minimum absolute atomic E-state index is 0.236. The second kappa shape index (κ2) is 6.07. The number of urea groups is 1. The number of carbonyl (C=O) groups is 2. The van der Waals surface area contributed by atoms with Gasteiger partial charge in [0.2, 0.25) is 0 Å². The van der Waals surface area contributed by atoms with Gasteiger partial charge in [-0.05, 0) is 30.6 Å². The Kier molecular flexibility index (Phi) is 4.99. The summed E-state index contributed by atoms with van der Waals surface area (Å²) in [5, 5.41) is 11.6. The highest BCUT2D eigenvalue weighted by Crippen LogP contribution is 2.37. The van der Waals surface area contributed by atoms with E-state index in [-0.39, 0.29) is 11.9 Å². The fourth-order valence-electron chi connectivity index (χ4n) is 2.04. The quantitative estimate of drug-likeness (QED) is 0.761. The highest BCUT2D eigenvalue weighted by Gasteiger charge is 2.34. The monoisotopic (exact) mass is 256 g/mol. The number of amides is 2. The van der Waals surface area contributed by atoms with E-state index in [0.717, 1.165) is 6.42 Å². The maximum absolute atomic E-state index is 11.9. The van der Waals surface area contributed by atoms with Gasteiger partial charge >= 0.3 is 12.0 Å². The molecule has 2 N–H and O–H groups in total. The Morgan fingerprint density at radius 3 is 2.39 bits per heavy atom. The third-order valence-corrected chi connectivity index (χ3v) is 3.43. The number of carbonyl (C=O) groups excluding carboxylic acids is 1. The minimum Gasteiger partial charge on any atom is -0.480 e. The lowest BCUT2D eigenvalue weighted by Crippen LogP contribution is -2.47. The predicted octanol–water partition coefficient (Wildman–Crippen LogP) is 1.78. The molecule has 0 aromatic heterocycles. The van der Waals surface area contributed by atoms with Gasteiger partial charge in [0, 0.05) is 13.6 Å². The molecule has 2 unspecified atom stereocenters. The van der Waals surface area contributed by atoms with Gasteiger partial charge in [0.25, 0.3) is 0 Å². The van der Waals surface area contributed by atoms with E-state index < -0.39 is 12.0 Å². The summed E-state index contributed by atoms with van der Waals surface area (Å²) >= 11 is 0. The molecule has 0 bridgehead atoms. The van der Waals surface area contributed by atoms with Crippen molar-refractivity contribution < 1.29 is 14.7 Å². The van der Waals surface area contributed by atoms with Crippen LogP contribution >= 0.6 is 0 Å². The van der Waals surface area contributed by atoms with E-state index in [1.807, 2.05) is 13.8 Å². The lowest BCUT2D eigenvalue weighted by molar-refractivity contribution is -0.139. The first-order valence-corrected chi connectivity index (χ1v) is 6.55. The molecule has 18 heavy (non-hydrogen) atoms. The summed E-state index contributed by atoms with van der Waals surface area (Å²) in [7, 11) is 1.72. The van der Waals surface area contributed by atoms with Crippen LogP contribution < -0.4 is 5.32 Å². The Morgan fingerprint density at radius 2 is 2.00 bits per heavy atom. The molecular weight excluding hydrogens is 232 g/mol. The van der Waals surface area contributed by atoms with Crippen LogP contribution in [-0.2, 0) is 4.79 Å². The number of nitrogens with zero attached hydrogens (tertiary/aromatic N) is 1. The summed E-state index contributed by atoms with van der Waals surface area (Å²) in [6, 6.07) is -1.08. The minimum atomic E-state index is -0.967. The molecule has 0 spiro atoms. The molecule has 0 aromatic rings. The van der Waals surface area contributed by atoms with Crippen molar-refractivity contribution in [2.75, 3.05) is 13.6 Å². The fraction of sp³-hybridized carbons (Fsp3) is 0.846. The smallest absolute Gasteiger partial charge is 0.326 e. The van der Waals surface area contributed by atoms with Gasteiger partial charge < -0.3 is 15.3 Å². The van der Waals surface area contributed by atoms with Crippen LogP contribution in [-0.4, -0.2) is 41.6 Å². The van der Waals surface area contributed by atoms with Crippen LogP contribution in [0.15, 0.2) is 0 Å². The summed E-state index contributed by atoms with van der Waals surface area (Å²) < 4.78 is 0. The van der Waals surface area contributed by atoms with Crippen LogP contribution in [0.4, 0.5) is 4.79 Å². The van der Waals surface area contributed by atoms with Gasteiger partial charge in [0.1, 0.15) is 6.04 Å².